The Balaban J connectivity index is 1.90. The lowest BCUT2D eigenvalue weighted by molar-refractivity contribution is 0.496. The Morgan fingerprint density at radius 2 is 1.90 bits per heavy atom. The molecule has 0 aliphatic carbocycles. The summed E-state index contributed by atoms with van der Waals surface area (Å²) in [4.78, 5) is 4.20. The van der Waals surface area contributed by atoms with Crippen LogP contribution in [-0.2, 0) is 16.5 Å². The van der Waals surface area contributed by atoms with Gasteiger partial charge in [0.25, 0.3) is 0 Å². The minimum absolute atomic E-state index is 0.0182. The van der Waals surface area contributed by atoms with Gasteiger partial charge in [-0.05, 0) is 35.2 Å². The van der Waals surface area contributed by atoms with Gasteiger partial charge in [-0.2, -0.15) is 0 Å². The van der Waals surface area contributed by atoms with E-state index in [2.05, 4.69) is 4.98 Å². The van der Waals surface area contributed by atoms with Crippen molar-refractivity contribution in [2.24, 2.45) is 0 Å². The Bertz CT molecular complexity index is 1160. The van der Waals surface area contributed by atoms with Gasteiger partial charge in [0.2, 0.25) is 0 Å². The van der Waals surface area contributed by atoms with Gasteiger partial charge in [0.05, 0.1) is 5.75 Å². The first-order chi connectivity index (χ1) is 14.1. The van der Waals surface area contributed by atoms with E-state index in [1.54, 1.807) is 36.0 Å². The van der Waals surface area contributed by atoms with Gasteiger partial charge in [0.1, 0.15) is 28.0 Å². The molecule has 1 aliphatic rings. The van der Waals surface area contributed by atoms with E-state index >= 15 is 0 Å². The van der Waals surface area contributed by atoms with Gasteiger partial charge in [0.15, 0.2) is 0 Å². The summed E-state index contributed by atoms with van der Waals surface area (Å²) in [5, 5.41) is 1.60. The minimum atomic E-state index is -2.50. The lowest BCUT2D eigenvalue weighted by Gasteiger charge is -2.29. The van der Waals surface area contributed by atoms with Crippen molar-refractivity contribution in [2.75, 3.05) is 0 Å². The van der Waals surface area contributed by atoms with Crippen molar-refractivity contribution in [3.05, 3.63) is 95.1 Å². The summed E-state index contributed by atoms with van der Waals surface area (Å²) in [6, 6.07) is 15.2. The number of fused-ring (bicyclic) bond motifs is 1. The molecule has 4 rings (SSSR count). The number of hydrogen-bond acceptors (Lipinski definition) is 5. The van der Waals surface area contributed by atoms with Crippen LogP contribution in [0.15, 0.2) is 67.0 Å². The summed E-state index contributed by atoms with van der Waals surface area (Å²) in [6.45, 7) is 0. The number of rotatable bonds is 5. The number of benzene rings is 2. The molecule has 4 nitrogen and oxygen atoms in total. The highest BCUT2D eigenvalue weighted by atomic mass is 32.2. The van der Waals surface area contributed by atoms with E-state index in [1.807, 2.05) is 24.3 Å². The first kappa shape index (κ1) is 19.4. The Labute approximate surface area is 174 Å². The summed E-state index contributed by atoms with van der Waals surface area (Å²) in [7, 11) is -2.50. The van der Waals surface area contributed by atoms with Crippen molar-refractivity contribution in [2.45, 2.75) is 11.7 Å². The van der Waals surface area contributed by atoms with E-state index in [9.17, 15) is 12.8 Å². The molecule has 1 unspecified atom stereocenters. The molecule has 3 aromatic rings. The summed E-state index contributed by atoms with van der Waals surface area (Å²) >= 11 is 5.31. The standard InChI is InChI=1S/C22H16FNO3S2/c23-17-7-8-20-18(10-17)19(12-28)21(16-2-1-9-24-11-16)22(27-20)15-5-3-14(4-6-15)13-29(25)26/h1-12,19,29H,13H2. The highest BCUT2D eigenvalue weighted by Gasteiger charge is 2.30. The molecule has 0 amide bonds. The lowest BCUT2D eigenvalue weighted by Crippen LogP contribution is -2.15. The number of hydrogen-bond donors (Lipinski definition) is 1. The molecule has 2 aromatic carbocycles. The van der Waals surface area contributed by atoms with Crippen molar-refractivity contribution >= 4 is 39.6 Å². The second-order valence-corrected chi connectivity index (χ2v) is 7.82. The first-order valence-corrected chi connectivity index (χ1v) is 10.7. The minimum Gasteiger partial charge on any atom is -0.456 e. The van der Waals surface area contributed by atoms with Crippen LogP contribution in [0.3, 0.4) is 0 Å². The van der Waals surface area contributed by atoms with Crippen LogP contribution in [0.4, 0.5) is 4.39 Å². The van der Waals surface area contributed by atoms with Gasteiger partial charge in [-0.15, -0.1) is 0 Å². The molecule has 0 bridgehead atoms. The van der Waals surface area contributed by atoms with Gasteiger partial charge in [-0.25, -0.2) is 12.8 Å². The zero-order valence-electron chi connectivity index (χ0n) is 15.1. The molecule has 7 heteroatoms. The molecular formula is C22H16FNO3S2. The Morgan fingerprint density at radius 1 is 1.10 bits per heavy atom. The van der Waals surface area contributed by atoms with E-state index in [-0.39, 0.29) is 17.5 Å². The predicted octanol–water partition coefficient (Wildman–Crippen LogP) is 4.38. The topological polar surface area (TPSA) is 56.3 Å². The van der Waals surface area contributed by atoms with Crippen LogP contribution in [0.5, 0.6) is 5.75 Å². The van der Waals surface area contributed by atoms with E-state index in [4.69, 9.17) is 17.0 Å². The third kappa shape index (κ3) is 3.97. The fourth-order valence-electron chi connectivity index (χ4n) is 3.42. The van der Waals surface area contributed by atoms with Crippen LogP contribution in [0.1, 0.15) is 28.2 Å². The van der Waals surface area contributed by atoms with Gasteiger partial charge in [-0.1, -0.05) is 42.5 Å². The van der Waals surface area contributed by atoms with Crippen molar-refractivity contribution in [3.63, 3.8) is 0 Å². The van der Waals surface area contributed by atoms with Crippen molar-refractivity contribution < 1.29 is 17.5 Å². The molecule has 0 saturated heterocycles. The van der Waals surface area contributed by atoms with Gasteiger partial charge in [0, 0.05) is 40.6 Å². The maximum atomic E-state index is 13.9. The SMILES string of the molecule is O=[SH](=O)Cc1ccc(C2=C(c3cccnc3)C(C=S)c3cc(F)ccc3O2)cc1. The summed E-state index contributed by atoms with van der Waals surface area (Å²) in [5.74, 6) is 0.377. The maximum Gasteiger partial charge on any atom is 0.144 e. The van der Waals surface area contributed by atoms with Gasteiger partial charge >= 0.3 is 0 Å². The van der Waals surface area contributed by atoms with E-state index in [0.29, 0.717) is 22.6 Å². The number of allylic oxidation sites excluding steroid dienone is 1. The maximum absolute atomic E-state index is 13.9. The number of thiocarbonyl (C=S) groups is 1. The van der Waals surface area contributed by atoms with Crippen molar-refractivity contribution in [3.8, 4) is 5.75 Å². The average molecular weight is 426 g/mol. The molecule has 1 aromatic heterocycles. The number of nitrogens with zero attached hydrogens (tertiary/aromatic N) is 1. The molecular weight excluding hydrogens is 409 g/mol. The van der Waals surface area contributed by atoms with Crippen LogP contribution in [0, 0.1) is 5.82 Å². The van der Waals surface area contributed by atoms with Crippen molar-refractivity contribution in [1.82, 2.24) is 4.98 Å². The smallest absolute Gasteiger partial charge is 0.144 e. The molecule has 1 aliphatic heterocycles. The van der Waals surface area contributed by atoms with Crippen LogP contribution < -0.4 is 4.74 Å². The van der Waals surface area contributed by atoms with Crippen molar-refractivity contribution in [1.29, 1.82) is 0 Å². The van der Waals surface area contributed by atoms with Gasteiger partial charge < -0.3 is 4.74 Å². The quantitative estimate of drug-likeness (QED) is 0.486. The third-order valence-corrected chi connectivity index (χ3v) is 5.61. The molecule has 0 radical (unpaired) electrons. The fourth-order valence-corrected chi connectivity index (χ4v) is 4.21. The van der Waals surface area contributed by atoms with Crippen LogP contribution in [0.25, 0.3) is 11.3 Å². The second-order valence-electron chi connectivity index (χ2n) is 6.57. The molecule has 0 saturated carbocycles. The predicted molar refractivity (Wildman–Crippen MR) is 115 cm³/mol. The zero-order valence-corrected chi connectivity index (χ0v) is 16.8. The highest BCUT2D eigenvalue weighted by molar-refractivity contribution is 7.79. The molecule has 2 heterocycles. The zero-order chi connectivity index (χ0) is 20.4. The Hall–Kier alpha value is -2.90. The number of ether oxygens (including phenoxy) is 1. The molecule has 0 N–H and O–H groups in total. The number of aromatic nitrogens is 1. The fraction of sp³-hybridized carbons (Fsp3) is 0.0909. The molecule has 0 fully saturated rings. The monoisotopic (exact) mass is 425 g/mol. The molecule has 1 atom stereocenters. The average Bonchev–Trinajstić information content (AvgIpc) is 2.73. The normalized spacial score (nSPS) is 15.7. The van der Waals surface area contributed by atoms with Crippen LogP contribution in [0.2, 0.25) is 0 Å². The summed E-state index contributed by atoms with van der Waals surface area (Å²) in [5.41, 5.74) is 3.72. The van der Waals surface area contributed by atoms with Crippen LogP contribution in [-0.4, -0.2) is 18.8 Å². The summed E-state index contributed by atoms with van der Waals surface area (Å²) < 4.78 is 42.1. The third-order valence-electron chi connectivity index (χ3n) is 4.71. The number of halogens is 1. The number of pyridine rings is 1. The summed E-state index contributed by atoms with van der Waals surface area (Å²) in [6.07, 6.45) is 3.39. The highest BCUT2D eigenvalue weighted by Crippen LogP contribution is 2.46. The second kappa shape index (κ2) is 8.23. The van der Waals surface area contributed by atoms with E-state index in [1.165, 1.54) is 12.1 Å². The Kier molecular flexibility index (Phi) is 5.51. The lowest BCUT2D eigenvalue weighted by atomic mass is 9.84. The van der Waals surface area contributed by atoms with Gasteiger partial charge in [-0.3, -0.25) is 4.98 Å². The first-order valence-electron chi connectivity index (χ1n) is 8.85. The molecule has 146 valence electrons. The van der Waals surface area contributed by atoms with E-state index < -0.39 is 10.7 Å². The van der Waals surface area contributed by atoms with Crippen LogP contribution >= 0.6 is 12.2 Å². The molecule has 0 spiro atoms. The van der Waals surface area contributed by atoms with E-state index in [0.717, 1.165) is 16.7 Å². The Morgan fingerprint density at radius 3 is 2.55 bits per heavy atom. The molecule has 29 heavy (non-hydrogen) atoms. The largest absolute Gasteiger partial charge is 0.456 e. The number of thiol groups is 1.